The van der Waals surface area contributed by atoms with Gasteiger partial charge in [0, 0.05) is 12.1 Å². The Kier molecular flexibility index (Phi) is 4.67. The van der Waals surface area contributed by atoms with Crippen LogP contribution in [0.5, 0.6) is 5.75 Å². The van der Waals surface area contributed by atoms with Gasteiger partial charge in [-0.25, -0.2) is 9.18 Å². The predicted octanol–water partition coefficient (Wildman–Crippen LogP) is 3.18. The molecule has 1 amide bonds. The summed E-state index contributed by atoms with van der Waals surface area (Å²) in [6, 6.07) is 3.37. The number of ether oxygens (including phenoxy) is 2. The Balaban J connectivity index is 2.13. The number of amides is 1. The van der Waals surface area contributed by atoms with Crippen molar-refractivity contribution >= 4 is 6.09 Å². The van der Waals surface area contributed by atoms with E-state index in [2.05, 4.69) is 10.1 Å². The van der Waals surface area contributed by atoms with Crippen LogP contribution in [0.3, 0.4) is 0 Å². The highest BCUT2D eigenvalue weighted by Crippen LogP contribution is 2.47. The molecule has 0 bridgehead atoms. The SMILES string of the molecule is CC(C)(CNC1(c2ccc(F)c(OC(F)(F)F)c2)CC1)OC(N)=O. The topological polar surface area (TPSA) is 73.6 Å². The molecule has 134 valence electrons. The van der Waals surface area contributed by atoms with Gasteiger partial charge in [0.2, 0.25) is 0 Å². The number of primary amides is 1. The number of carbonyl (C=O) groups excluding carboxylic acids is 1. The Morgan fingerprint density at radius 2 is 1.96 bits per heavy atom. The average Bonchev–Trinajstić information content (AvgIpc) is 3.17. The van der Waals surface area contributed by atoms with Crippen molar-refractivity contribution in [1.29, 1.82) is 0 Å². The molecule has 1 aliphatic rings. The van der Waals surface area contributed by atoms with Gasteiger partial charge in [0.25, 0.3) is 0 Å². The van der Waals surface area contributed by atoms with Gasteiger partial charge in [0.15, 0.2) is 11.6 Å². The maximum atomic E-state index is 13.5. The highest BCUT2D eigenvalue weighted by atomic mass is 19.4. The predicted molar refractivity (Wildman–Crippen MR) is 76.7 cm³/mol. The van der Waals surface area contributed by atoms with Gasteiger partial charge in [0.1, 0.15) is 5.60 Å². The highest BCUT2D eigenvalue weighted by molar-refractivity contribution is 5.65. The quantitative estimate of drug-likeness (QED) is 0.773. The first-order chi connectivity index (χ1) is 10.9. The molecule has 5 nitrogen and oxygen atoms in total. The van der Waals surface area contributed by atoms with E-state index in [-0.39, 0.29) is 6.54 Å². The van der Waals surface area contributed by atoms with E-state index in [4.69, 9.17) is 10.5 Å². The Labute approximate surface area is 136 Å². The van der Waals surface area contributed by atoms with E-state index in [1.807, 2.05) is 0 Å². The molecular formula is C15H18F4N2O3. The van der Waals surface area contributed by atoms with Crippen molar-refractivity contribution in [3.63, 3.8) is 0 Å². The molecule has 1 saturated carbocycles. The zero-order chi connectivity index (χ0) is 18.2. The van der Waals surface area contributed by atoms with E-state index in [9.17, 15) is 22.4 Å². The largest absolute Gasteiger partial charge is 0.573 e. The van der Waals surface area contributed by atoms with Crippen LogP contribution in [0.1, 0.15) is 32.3 Å². The molecule has 0 atom stereocenters. The van der Waals surface area contributed by atoms with Crippen LogP contribution in [-0.2, 0) is 10.3 Å². The maximum absolute atomic E-state index is 13.5. The van der Waals surface area contributed by atoms with Crippen molar-refractivity contribution in [3.05, 3.63) is 29.6 Å². The molecule has 1 fully saturated rings. The lowest BCUT2D eigenvalue weighted by molar-refractivity contribution is -0.275. The van der Waals surface area contributed by atoms with Crippen LogP contribution < -0.4 is 15.8 Å². The zero-order valence-corrected chi connectivity index (χ0v) is 13.2. The van der Waals surface area contributed by atoms with E-state index in [0.717, 1.165) is 12.1 Å². The molecule has 0 aromatic heterocycles. The van der Waals surface area contributed by atoms with Gasteiger partial charge in [0.05, 0.1) is 0 Å². The number of hydrogen-bond acceptors (Lipinski definition) is 4. The fraction of sp³-hybridized carbons (Fsp3) is 0.533. The lowest BCUT2D eigenvalue weighted by Crippen LogP contribution is -2.44. The number of carbonyl (C=O) groups is 1. The third kappa shape index (κ3) is 4.73. The molecule has 0 saturated heterocycles. The van der Waals surface area contributed by atoms with E-state index in [1.54, 1.807) is 13.8 Å². The van der Waals surface area contributed by atoms with Gasteiger partial charge >= 0.3 is 12.5 Å². The van der Waals surface area contributed by atoms with Crippen molar-refractivity contribution in [3.8, 4) is 5.75 Å². The summed E-state index contributed by atoms with van der Waals surface area (Å²) in [7, 11) is 0. The number of halogens is 4. The fourth-order valence-corrected chi connectivity index (χ4v) is 2.39. The standard InChI is InChI=1S/C15H18F4N2O3/c1-13(2,24-12(20)22)8-21-14(5-6-14)9-3-4-10(16)11(7-9)23-15(17,18)19/h3-4,7,21H,5-6,8H2,1-2H3,(H2,20,22). The van der Waals surface area contributed by atoms with Crippen molar-refractivity contribution in [2.24, 2.45) is 5.73 Å². The number of benzene rings is 1. The van der Waals surface area contributed by atoms with Crippen LogP contribution in [0.15, 0.2) is 18.2 Å². The molecule has 2 rings (SSSR count). The summed E-state index contributed by atoms with van der Waals surface area (Å²) in [6.07, 6.45) is -4.59. The Morgan fingerprint density at radius 1 is 1.33 bits per heavy atom. The number of hydrogen-bond donors (Lipinski definition) is 2. The molecule has 1 aliphatic carbocycles. The lowest BCUT2D eigenvalue weighted by atomic mass is 10.0. The molecule has 1 aromatic carbocycles. The molecule has 0 unspecified atom stereocenters. The van der Waals surface area contributed by atoms with Gasteiger partial charge in [-0.3, -0.25) is 0 Å². The normalized spacial score (nSPS) is 16.6. The van der Waals surface area contributed by atoms with Crippen LogP contribution in [0.4, 0.5) is 22.4 Å². The van der Waals surface area contributed by atoms with Crippen molar-refractivity contribution < 1.29 is 31.8 Å². The first-order valence-electron chi connectivity index (χ1n) is 7.22. The third-order valence-corrected chi connectivity index (χ3v) is 3.69. The zero-order valence-electron chi connectivity index (χ0n) is 13.2. The number of rotatable bonds is 6. The van der Waals surface area contributed by atoms with Gasteiger partial charge in [-0.1, -0.05) is 6.07 Å². The first-order valence-corrected chi connectivity index (χ1v) is 7.22. The summed E-state index contributed by atoms with van der Waals surface area (Å²) < 4.78 is 59.1. The van der Waals surface area contributed by atoms with Crippen LogP contribution in [0.25, 0.3) is 0 Å². The summed E-state index contributed by atoms with van der Waals surface area (Å²) in [5.74, 6) is -1.97. The molecule has 3 N–H and O–H groups in total. The smallest absolute Gasteiger partial charge is 0.442 e. The molecule has 1 aromatic rings. The molecule has 0 heterocycles. The summed E-state index contributed by atoms with van der Waals surface area (Å²) in [4.78, 5) is 10.8. The summed E-state index contributed by atoms with van der Waals surface area (Å²) in [6.45, 7) is 3.51. The Hall–Kier alpha value is -2.03. The average molecular weight is 350 g/mol. The van der Waals surface area contributed by atoms with Crippen molar-refractivity contribution in [2.75, 3.05) is 6.54 Å². The second-order valence-corrected chi connectivity index (χ2v) is 6.31. The fourth-order valence-electron chi connectivity index (χ4n) is 2.39. The van der Waals surface area contributed by atoms with Crippen molar-refractivity contribution in [2.45, 2.75) is 44.2 Å². The van der Waals surface area contributed by atoms with Gasteiger partial charge in [-0.15, -0.1) is 13.2 Å². The second kappa shape index (κ2) is 6.12. The van der Waals surface area contributed by atoms with Gasteiger partial charge in [-0.05, 0) is 44.4 Å². The molecule has 0 radical (unpaired) electrons. The van der Waals surface area contributed by atoms with Gasteiger partial charge in [-0.2, -0.15) is 0 Å². The second-order valence-electron chi connectivity index (χ2n) is 6.31. The molecule has 0 aliphatic heterocycles. The van der Waals surface area contributed by atoms with E-state index >= 15 is 0 Å². The summed E-state index contributed by atoms with van der Waals surface area (Å²) in [5.41, 5.74) is 3.96. The van der Waals surface area contributed by atoms with Crippen LogP contribution in [-0.4, -0.2) is 24.6 Å². The third-order valence-electron chi connectivity index (χ3n) is 3.69. The first kappa shape index (κ1) is 18.3. The van der Waals surface area contributed by atoms with Crippen molar-refractivity contribution in [1.82, 2.24) is 5.32 Å². The Bertz CT molecular complexity index is 628. The monoisotopic (exact) mass is 350 g/mol. The Morgan fingerprint density at radius 3 is 2.46 bits per heavy atom. The minimum atomic E-state index is -4.97. The number of nitrogens with one attached hydrogen (secondary N) is 1. The molecule has 9 heteroatoms. The van der Waals surface area contributed by atoms with Crippen LogP contribution in [0, 0.1) is 5.82 Å². The van der Waals surface area contributed by atoms with E-state index in [1.165, 1.54) is 6.07 Å². The van der Waals surface area contributed by atoms with Gasteiger partial charge < -0.3 is 20.5 Å². The number of alkyl halides is 3. The highest BCUT2D eigenvalue weighted by Gasteiger charge is 2.46. The van der Waals surface area contributed by atoms with Crippen LogP contribution in [0.2, 0.25) is 0 Å². The molecular weight excluding hydrogens is 332 g/mol. The maximum Gasteiger partial charge on any atom is 0.573 e. The lowest BCUT2D eigenvalue weighted by Gasteiger charge is -2.28. The summed E-state index contributed by atoms with van der Waals surface area (Å²) >= 11 is 0. The molecule has 0 spiro atoms. The van der Waals surface area contributed by atoms with E-state index in [0.29, 0.717) is 18.4 Å². The molecule has 24 heavy (non-hydrogen) atoms. The summed E-state index contributed by atoms with van der Waals surface area (Å²) in [5, 5.41) is 3.15. The van der Waals surface area contributed by atoms with E-state index < -0.39 is 35.2 Å². The minimum absolute atomic E-state index is 0.225. The number of nitrogens with two attached hydrogens (primary N) is 1. The van der Waals surface area contributed by atoms with Crippen LogP contribution >= 0.6 is 0 Å². The minimum Gasteiger partial charge on any atom is -0.442 e.